The minimum Gasteiger partial charge on any atom is -0.497 e. The summed E-state index contributed by atoms with van der Waals surface area (Å²) in [6.07, 6.45) is 5.67. The Morgan fingerprint density at radius 3 is 2.12 bits per heavy atom. The molecule has 5 rings (SSSR count). The number of carbonyl (C=O) groups is 1. The van der Waals surface area contributed by atoms with Crippen LogP contribution in [0.4, 0.5) is 0 Å². The maximum absolute atomic E-state index is 13.9. The van der Waals surface area contributed by atoms with Crippen molar-refractivity contribution in [3.05, 3.63) is 114 Å². The zero-order valence-electron chi connectivity index (χ0n) is 18.4. The lowest BCUT2D eigenvalue weighted by Gasteiger charge is -2.45. The Morgan fingerprint density at radius 1 is 0.812 bits per heavy atom. The molecule has 3 aromatic rings. The van der Waals surface area contributed by atoms with E-state index in [0.717, 1.165) is 24.3 Å². The fraction of sp³-hybridized carbons (Fsp3) is 0.276. The number of carbonyl (C=O) groups excluding carboxylic acids is 1. The van der Waals surface area contributed by atoms with Crippen molar-refractivity contribution < 1.29 is 9.53 Å². The van der Waals surface area contributed by atoms with Crippen LogP contribution in [0.25, 0.3) is 0 Å². The van der Waals surface area contributed by atoms with Crippen molar-refractivity contribution in [3.63, 3.8) is 0 Å². The summed E-state index contributed by atoms with van der Waals surface area (Å²) in [7, 11) is 1.67. The van der Waals surface area contributed by atoms with Gasteiger partial charge in [0.2, 0.25) is 5.91 Å². The van der Waals surface area contributed by atoms with Crippen LogP contribution in [-0.2, 0) is 11.3 Å². The first-order chi connectivity index (χ1) is 15.7. The molecule has 1 aliphatic carbocycles. The molecule has 1 amide bonds. The van der Waals surface area contributed by atoms with Crippen molar-refractivity contribution >= 4 is 5.91 Å². The lowest BCUT2D eigenvalue weighted by atomic mass is 9.63. The second-order valence-corrected chi connectivity index (χ2v) is 8.84. The monoisotopic (exact) mass is 423 g/mol. The molecule has 0 saturated carbocycles. The number of fused-ring (bicyclic) bond motifs is 1. The Labute approximate surface area is 190 Å². The molecule has 0 aromatic heterocycles. The van der Waals surface area contributed by atoms with Gasteiger partial charge in [0, 0.05) is 24.9 Å². The van der Waals surface area contributed by atoms with Gasteiger partial charge in [0.05, 0.1) is 13.0 Å². The molecule has 1 fully saturated rings. The highest BCUT2D eigenvalue weighted by atomic mass is 16.5. The maximum atomic E-state index is 13.9. The summed E-state index contributed by atoms with van der Waals surface area (Å²) in [6.45, 7) is 1.45. The number of ether oxygens (including phenoxy) is 1. The van der Waals surface area contributed by atoms with E-state index in [9.17, 15) is 4.79 Å². The van der Waals surface area contributed by atoms with Crippen LogP contribution in [0.3, 0.4) is 0 Å². The number of likely N-dealkylation sites (tertiary alicyclic amines) is 1. The van der Waals surface area contributed by atoms with E-state index in [1.165, 1.54) is 11.1 Å². The zero-order valence-corrected chi connectivity index (χ0v) is 18.4. The first-order valence-electron chi connectivity index (χ1n) is 11.4. The number of allylic oxidation sites excluding steroid dienone is 2. The van der Waals surface area contributed by atoms with Gasteiger partial charge in [-0.15, -0.1) is 0 Å². The highest BCUT2D eigenvalue weighted by Crippen LogP contribution is 2.49. The number of amides is 1. The minimum atomic E-state index is -0.0420. The molecule has 3 heteroatoms. The van der Waals surface area contributed by atoms with Gasteiger partial charge in [-0.25, -0.2) is 0 Å². The van der Waals surface area contributed by atoms with E-state index >= 15 is 0 Å². The predicted octanol–water partition coefficient (Wildman–Crippen LogP) is 5.80. The Kier molecular flexibility index (Phi) is 5.81. The second-order valence-electron chi connectivity index (χ2n) is 8.84. The summed E-state index contributed by atoms with van der Waals surface area (Å²) in [5.41, 5.74) is 3.66. The van der Waals surface area contributed by atoms with E-state index < -0.39 is 0 Å². The van der Waals surface area contributed by atoms with Crippen molar-refractivity contribution in [2.45, 2.75) is 24.8 Å². The molecule has 0 spiro atoms. The lowest BCUT2D eigenvalue weighted by molar-refractivity contribution is -0.142. The first kappa shape index (κ1) is 20.6. The zero-order chi connectivity index (χ0) is 21.9. The summed E-state index contributed by atoms with van der Waals surface area (Å²) in [4.78, 5) is 16.0. The van der Waals surface area contributed by atoms with Crippen LogP contribution in [0.1, 0.15) is 34.9 Å². The number of hydrogen-bond acceptors (Lipinski definition) is 2. The molecule has 0 unspecified atom stereocenters. The van der Waals surface area contributed by atoms with Gasteiger partial charge in [0.15, 0.2) is 0 Å². The normalized spacial score (nSPS) is 24.8. The Balaban J connectivity index is 1.48. The molecular weight excluding hydrogens is 394 g/mol. The molecule has 1 aliphatic heterocycles. The van der Waals surface area contributed by atoms with E-state index in [4.69, 9.17) is 4.74 Å². The van der Waals surface area contributed by atoms with Crippen molar-refractivity contribution in [3.8, 4) is 5.75 Å². The van der Waals surface area contributed by atoms with Crippen molar-refractivity contribution in [2.24, 2.45) is 11.8 Å². The highest BCUT2D eigenvalue weighted by molar-refractivity contribution is 5.82. The minimum absolute atomic E-state index is 0.0420. The van der Waals surface area contributed by atoms with Crippen LogP contribution in [0, 0.1) is 11.8 Å². The number of rotatable bonds is 5. The van der Waals surface area contributed by atoms with Gasteiger partial charge in [-0.1, -0.05) is 84.9 Å². The average molecular weight is 424 g/mol. The Morgan fingerprint density at radius 2 is 1.47 bits per heavy atom. The van der Waals surface area contributed by atoms with Gasteiger partial charge in [-0.2, -0.15) is 0 Å². The summed E-state index contributed by atoms with van der Waals surface area (Å²) >= 11 is 0. The number of methoxy groups -OCH3 is 1. The third-order valence-corrected chi connectivity index (χ3v) is 7.03. The largest absolute Gasteiger partial charge is 0.497 e. The molecule has 1 heterocycles. The molecule has 3 nitrogen and oxygen atoms in total. The molecule has 0 N–H and O–H groups in total. The number of nitrogens with zero attached hydrogens (tertiary/aromatic N) is 1. The molecule has 0 radical (unpaired) electrons. The van der Waals surface area contributed by atoms with Crippen LogP contribution in [0.5, 0.6) is 5.75 Å². The second kappa shape index (κ2) is 9.04. The SMILES string of the molecule is COc1ccc(CN2CC[C@H]3C=C[C@@H](c4ccccc4)[C@@H](c4ccccc4)[C@@H]3C2=O)cc1. The summed E-state index contributed by atoms with van der Waals surface area (Å²) < 4.78 is 5.28. The van der Waals surface area contributed by atoms with Gasteiger partial charge in [-0.3, -0.25) is 4.79 Å². The van der Waals surface area contributed by atoms with Gasteiger partial charge < -0.3 is 9.64 Å². The van der Waals surface area contributed by atoms with E-state index in [0.29, 0.717) is 12.5 Å². The van der Waals surface area contributed by atoms with E-state index in [2.05, 4.69) is 89.8 Å². The molecule has 3 aromatic carbocycles. The quantitative estimate of drug-likeness (QED) is 0.486. The molecule has 4 atom stereocenters. The van der Waals surface area contributed by atoms with Crippen LogP contribution in [0.2, 0.25) is 0 Å². The fourth-order valence-electron chi connectivity index (χ4n) is 5.42. The summed E-state index contributed by atoms with van der Waals surface area (Å²) in [5, 5.41) is 0. The highest BCUT2D eigenvalue weighted by Gasteiger charge is 2.45. The third-order valence-electron chi connectivity index (χ3n) is 7.03. The van der Waals surface area contributed by atoms with Crippen LogP contribution in [0.15, 0.2) is 97.1 Å². The van der Waals surface area contributed by atoms with Crippen molar-refractivity contribution in [1.29, 1.82) is 0 Å². The molecule has 32 heavy (non-hydrogen) atoms. The van der Waals surface area contributed by atoms with Gasteiger partial charge in [-0.05, 0) is 41.2 Å². The number of piperidine rings is 1. The number of hydrogen-bond donors (Lipinski definition) is 0. The molecule has 1 saturated heterocycles. The lowest BCUT2D eigenvalue weighted by Crippen LogP contribution is -2.48. The Hall–Kier alpha value is -3.33. The van der Waals surface area contributed by atoms with Crippen LogP contribution in [-0.4, -0.2) is 24.5 Å². The van der Waals surface area contributed by atoms with Crippen LogP contribution >= 0.6 is 0 Å². The molecule has 0 bridgehead atoms. The van der Waals surface area contributed by atoms with Gasteiger partial charge in [0.25, 0.3) is 0 Å². The van der Waals surface area contributed by atoms with Crippen molar-refractivity contribution in [1.82, 2.24) is 4.90 Å². The maximum Gasteiger partial charge on any atom is 0.227 e. The summed E-state index contributed by atoms with van der Waals surface area (Å²) in [5.74, 6) is 1.70. The standard InChI is InChI=1S/C29H29NO2/c1-32-25-15-12-21(13-16-25)20-30-19-18-24-14-17-26(22-8-4-2-5-9-22)27(28(24)29(30)31)23-10-6-3-7-11-23/h2-17,24,26-28H,18-20H2,1H3/t24-,26+,27-,28-/m1/s1. The van der Waals surface area contributed by atoms with E-state index in [1.807, 2.05) is 12.1 Å². The van der Waals surface area contributed by atoms with E-state index in [1.54, 1.807) is 7.11 Å². The Bertz CT molecular complexity index is 1080. The third kappa shape index (κ3) is 3.95. The topological polar surface area (TPSA) is 29.5 Å². The summed E-state index contributed by atoms with van der Waals surface area (Å²) in [6, 6.07) is 29.3. The molecule has 162 valence electrons. The smallest absolute Gasteiger partial charge is 0.227 e. The number of benzene rings is 3. The van der Waals surface area contributed by atoms with Crippen molar-refractivity contribution in [2.75, 3.05) is 13.7 Å². The first-order valence-corrected chi connectivity index (χ1v) is 11.4. The van der Waals surface area contributed by atoms with Gasteiger partial charge >= 0.3 is 0 Å². The fourth-order valence-corrected chi connectivity index (χ4v) is 5.42. The average Bonchev–Trinajstić information content (AvgIpc) is 2.86. The van der Waals surface area contributed by atoms with Gasteiger partial charge in [0.1, 0.15) is 5.75 Å². The predicted molar refractivity (Wildman–Crippen MR) is 128 cm³/mol. The van der Waals surface area contributed by atoms with Crippen LogP contribution < -0.4 is 4.74 Å². The van der Waals surface area contributed by atoms with E-state index in [-0.39, 0.29) is 23.7 Å². The molecular formula is C29H29NO2. The molecule has 2 aliphatic rings.